The normalized spacial score (nSPS) is 22.1. The quantitative estimate of drug-likeness (QED) is 0.778. The van der Waals surface area contributed by atoms with Crippen molar-refractivity contribution in [2.24, 2.45) is 0 Å². The Morgan fingerprint density at radius 2 is 1.92 bits per heavy atom. The van der Waals surface area contributed by atoms with Crippen LogP contribution in [0.15, 0.2) is 30.4 Å². The molecule has 0 spiro atoms. The van der Waals surface area contributed by atoms with Gasteiger partial charge in [-0.3, -0.25) is 4.90 Å². The third-order valence-corrected chi connectivity index (χ3v) is 4.22. The number of nitrogens with zero attached hydrogens (tertiary/aromatic N) is 1. The Hall–Kier alpha value is -2.58. The number of rotatable bonds is 3. The van der Waals surface area contributed by atoms with Gasteiger partial charge in [-0.05, 0) is 31.7 Å². The molecule has 26 heavy (non-hydrogen) atoms. The summed E-state index contributed by atoms with van der Waals surface area (Å²) in [4.78, 5) is 21.5. The Kier molecular flexibility index (Phi) is 6.99. The van der Waals surface area contributed by atoms with E-state index in [2.05, 4.69) is 11.9 Å². The first-order valence-electron chi connectivity index (χ1n) is 8.19. The highest BCUT2D eigenvalue weighted by Gasteiger charge is 2.35. The second-order valence-corrected chi connectivity index (χ2v) is 5.89. The molecule has 3 rings (SSSR count). The van der Waals surface area contributed by atoms with E-state index in [0.29, 0.717) is 18.2 Å². The molecule has 2 aliphatic heterocycles. The molecule has 0 saturated carbocycles. The Morgan fingerprint density at radius 1 is 1.23 bits per heavy atom. The van der Waals surface area contributed by atoms with Crippen molar-refractivity contribution in [2.75, 3.05) is 33.9 Å². The summed E-state index contributed by atoms with van der Waals surface area (Å²) >= 11 is 0. The molecule has 2 heterocycles. The van der Waals surface area contributed by atoms with Crippen LogP contribution in [0.2, 0.25) is 0 Å². The Labute approximate surface area is 151 Å². The Morgan fingerprint density at radius 3 is 2.54 bits per heavy atom. The smallest absolute Gasteiger partial charge is 0.328 e. The summed E-state index contributed by atoms with van der Waals surface area (Å²) in [5.74, 6) is -0.728. The number of morpholine rings is 1. The second-order valence-electron chi connectivity index (χ2n) is 5.89. The summed E-state index contributed by atoms with van der Waals surface area (Å²) in [6.07, 6.45) is 2.21. The van der Waals surface area contributed by atoms with Gasteiger partial charge in [0, 0.05) is 30.3 Å². The van der Waals surface area contributed by atoms with Crippen LogP contribution in [-0.4, -0.2) is 67.0 Å². The summed E-state index contributed by atoms with van der Waals surface area (Å²) in [5, 5.41) is 15.6. The van der Waals surface area contributed by atoms with E-state index in [4.69, 9.17) is 24.4 Å². The van der Waals surface area contributed by atoms with Crippen molar-refractivity contribution in [2.45, 2.75) is 18.6 Å². The number of carbonyl (C=O) groups is 2. The van der Waals surface area contributed by atoms with Gasteiger partial charge in [-0.25, -0.2) is 9.59 Å². The highest BCUT2D eigenvalue weighted by Crippen LogP contribution is 2.39. The van der Waals surface area contributed by atoms with E-state index in [0.717, 1.165) is 43.2 Å². The molecule has 0 aromatic heterocycles. The van der Waals surface area contributed by atoms with Crippen LogP contribution >= 0.6 is 0 Å². The first-order valence-corrected chi connectivity index (χ1v) is 8.19. The highest BCUT2D eigenvalue weighted by molar-refractivity contribution is 5.89. The predicted octanol–water partition coefficient (Wildman–Crippen LogP) is 1.56. The first-order chi connectivity index (χ1) is 12.4. The van der Waals surface area contributed by atoms with Crippen molar-refractivity contribution in [1.82, 2.24) is 4.90 Å². The van der Waals surface area contributed by atoms with E-state index in [1.54, 1.807) is 7.11 Å². The van der Waals surface area contributed by atoms with Crippen LogP contribution < -0.4 is 9.47 Å². The van der Waals surface area contributed by atoms with Gasteiger partial charge in [0.25, 0.3) is 0 Å². The molecule has 0 bridgehead atoms. The Bertz CT molecular complexity index is 658. The van der Waals surface area contributed by atoms with E-state index >= 15 is 0 Å². The van der Waals surface area contributed by atoms with E-state index in [-0.39, 0.29) is 6.10 Å². The number of aliphatic carboxylic acids is 2. The van der Waals surface area contributed by atoms with Crippen LogP contribution in [0.1, 0.15) is 18.1 Å². The third-order valence-electron chi connectivity index (χ3n) is 4.22. The lowest BCUT2D eigenvalue weighted by Gasteiger charge is -2.38. The minimum Gasteiger partial charge on any atom is -0.497 e. The van der Waals surface area contributed by atoms with Gasteiger partial charge < -0.3 is 24.4 Å². The van der Waals surface area contributed by atoms with E-state index in [1.165, 1.54) is 0 Å². The number of ether oxygens (including phenoxy) is 3. The average molecular weight is 365 g/mol. The third kappa shape index (κ3) is 5.21. The molecule has 1 saturated heterocycles. The lowest BCUT2D eigenvalue weighted by molar-refractivity contribution is -0.134. The van der Waals surface area contributed by atoms with Gasteiger partial charge >= 0.3 is 11.9 Å². The van der Waals surface area contributed by atoms with Gasteiger partial charge in [0.05, 0.1) is 20.3 Å². The number of likely N-dealkylation sites (N-methyl/N-ethyl adjacent to an activating group) is 1. The zero-order valence-electron chi connectivity index (χ0n) is 14.8. The van der Waals surface area contributed by atoms with Crippen LogP contribution in [0.5, 0.6) is 11.5 Å². The molecule has 0 unspecified atom stereocenters. The van der Waals surface area contributed by atoms with Gasteiger partial charge in [-0.1, -0.05) is 0 Å². The molecular weight excluding hydrogens is 342 g/mol. The summed E-state index contributed by atoms with van der Waals surface area (Å²) in [6, 6.07) is 6.35. The minimum atomic E-state index is -1.26. The van der Waals surface area contributed by atoms with Gasteiger partial charge in [0.2, 0.25) is 0 Å². The lowest BCUT2D eigenvalue weighted by Crippen LogP contribution is -2.44. The molecule has 0 radical (unpaired) electrons. The molecule has 0 amide bonds. The largest absolute Gasteiger partial charge is 0.497 e. The van der Waals surface area contributed by atoms with Crippen molar-refractivity contribution < 1.29 is 34.0 Å². The summed E-state index contributed by atoms with van der Waals surface area (Å²) < 4.78 is 17.1. The van der Waals surface area contributed by atoms with Gasteiger partial charge in [0.1, 0.15) is 17.6 Å². The Balaban J connectivity index is 0.000000260. The maximum absolute atomic E-state index is 9.55. The van der Waals surface area contributed by atoms with Crippen LogP contribution in [-0.2, 0) is 14.3 Å². The maximum atomic E-state index is 9.55. The molecule has 8 heteroatoms. The molecule has 1 aromatic rings. The van der Waals surface area contributed by atoms with Crippen molar-refractivity contribution in [3.63, 3.8) is 0 Å². The number of hydrogen-bond acceptors (Lipinski definition) is 6. The topological polar surface area (TPSA) is 106 Å². The molecule has 8 nitrogen and oxygen atoms in total. The molecule has 1 aromatic carbocycles. The van der Waals surface area contributed by atoms with E-state index in [1.807, 2.05) is 18.2 Å². The van der Waals surface area contributed by atoms with Gasteiger partial charge in [0.15, 0.2) is 0 Å². The predicted molar refractivity (Wildman–Crippen MR) is 92.6 cm³/mol. The van der Waals surface area contributed by atoms with Crippen LogP contribution in [0, 0.1) is 0 Å². The zero-order valence-corrected chi connectivity index (χ0v) is 14.8. The summed E-state index contributed by atoms with van der Waals surface area (Å²) in [5.41, 5.74) is 1.11. The van der Waals surface area contributed by atoms with Crippen LogP contribution in [0.3, 0.4) is 0 Å². The number of methoxy groups -OCH3 is 1. The number of carboxylic acid groups (broad SMARTS) is 2. The summed E-state index contributed by atoms with van der Waals surface area (Å²) in [7, 11) is 3.84. The fraction of sp³-hybridized carbons (Fsp3) is 0.444. The van der Waals surface area contributed by atoms with Crippen molar-refractivity contribution in [3.8, 4) is 11.5 Å². The maximum Gasteiger partial charge on any atom is 0.328 e. The van der Waals surface area contributed by atoms with E-state index in [9.17, 15) is 9.59 Å². The van der Waals surface area contributed by atoms with E-state index < -0.39 is 11.9 Å². The molecule has 2 atom stereocenters. The lowest BCUT2D eigenvalue weighted by atomic mass is 9.97. The SMILES string of the molecule is COc1ccc2c(c1)[C@@H]1OCCN(C)[C@H]1CCO2.O=C(O)C=CC(=O)O. The number of hydrogen-bond donors (Lipinski definition) is 2. The van der Waals surface area contributed by atoms with Crippen molar-refractivity contribution in [3.05, 3.63) is 35.9 Å². The monoisotopic (exact) mass is 365 g/mol. The minimum absolute atomic E-state index is 0.0938. The van der Waals surface area contributed by atoms with Gasteiger partial charge in [-0.15, -0.1) is 0 Å². The fourth-order valence-corrected chi connectivity index (χ4v) is 2.94. The second kappa shape index (κ2) is 9.21. The van der Waals surface area contributed by atoms with Gasteiger partial charge in [-0.2, -0.15) is 0 Å². The molecule has 2 aliphatic rings. The van der Waals surface area contributed by atoms with Crippen molar-refractivity contribution >= 4 is 11.9 Å². The number of carboxylic acids is 2. The zero-order chi connectivity index (χ0) is 19.1. The number of fused-ring (bicyclic) bond motifs is 3. The first kappa shape index (κ1) is 19.7. The molecule has 2 N–H and O–H groups in total. The summed E-state index contributed by atoms with van der Waals surface area (Å²) in [6.45, 7) is 2.50. The molecule has 1 fully saturated rings. The molecule has 142 valence electrons. The molecule has 0 aliphatic carbocycles. The van der Waals surface area contributed by atoms with Crippen LogP contribution in [0.25, 0.3) is 0 Å². The average Bonchev–Trinajstić information content (AvgIpc) is 2.80. The standard InChI is InChI=1S/C14H19NO3.C4H4O4/c1-15-6-8-18-14-11-9-10(16-2)3-4-13(11)17-7-5-12(14)15;5-3(6)1-2-4(7)8/h3-4,9,12,14H,5-8H2,1-2H3;1-2H,(H,5,6)(H,7,8)/t12-,14-;/m0./s1. The highest BCUT2D eigenvalue weighted by atomic mass is 16.5. The fourth-order valence-electron chi connectivity index (χ4n) is 2.94. The van der Waals surface area contributed by atoms with Crippen LogP contribution in [0.4, 0.5) is 0 Å². The number of benzene rings is 1. The molecular formula is C18H23NO7. The van der Waals surface area contributed by atoms with Crippen molar-refractivity contribution in [1.29, 1.82) is 0 Å².